The van der Waals surface area contributed by atoms with Gasteiger partial charge in [-0.25, -0.2) is 0 Å². The molecule has 0 aromatic carbocycles. The van der Waals surface area contributed by atoms with E-state index < -0.39 is 0 Å². The highest BCUT2D eigenvalue weighted by Gasteiger charge is 2.04. The SMILES string of the molecule is CC(=O)Nc1cc(C=O)nn1C. The minimum Gasteiger partial charge on any atom is -0.311 e. The molecule has 1 heterocycles. The van der Waals surface area contributed by atoms with Crippen LogP contribution in [0, 0.1) is 0 Å². The molecule has 0 aliphatic heterocycles. The van der Waals surface area contributed by atoms with Crippen molar-refractivity contribution in [3.63, 3.8) is 0 Å². The van der Waals surface area contributed by atoms with Crippen LogP contribution in [0.25, 0.3) is 0 Å². The Bertz CT molecular complexity index is 316. The Morgan fingerprint density at radius 1 is 1.75 bits per heavy atom. The van der Waals surface area contributed by atoms with Gasteiger partial charge in [-0.2, -0.15) is 5.10 Å². The lowest BCUT2D eigenvalue weighted by Gasteiger charge is -1.99. The van der Waals surface area contributed by atoms with Gasteiger partial charge in [0.05, 0.1) is 0 Å². The highest BCUT2D eigenvalue weighted by Crippen LogP contribution is 2.06. The van der Waals surface area contributed by atoms with E-state index in [0.29, 0.717) is 17.8 Å². The number of carbonyl (C=O) groups excluding carboxylic acids is 2. The van der Waals surface area contributed by atoms with E-state index in [-0.39, 0.29) is 5.91 Å². The Morgan fingerprint density at radius 2 is 2.42 bits per heavy atom. The number of hydrogen-bond acceptors (Lipinski definition) is 3. The normalized spacial score (nSPS) is 9.50. The number of anilines is 1. The highest BCUT2D eigenvalue weighted by atomic mass is 16.1. The molecule has 0 aliphatic rings. The molecule has 0 spiro atoms. The summed E-state index contributed by atoms with van der Waals surface area (Å²) in [6, 6.07) is 1.51. The lowest BCUT2D eigenvalue weighted by Crippen LogP contribution is -2.09. The van der Waals surface area contributed by atoms with Gasteiger partial charge in [0.15, 0.2) is 6.29 Å². The quantitative estimate of drug-likeness (QED) is 0.639. The number of nitrogens with one attached hydrogen (secondary N) is 1. The van der Waals surface area contributed by atoms with Gasteiger partial charge in [0.2, 0.25) is 5.91 Å². The van der Waals surface area contributed by atoms with Crippen molar-refractivity contribution in [2.75, 3.05) is 5.32 Å². The van der Waals surface area contributed by atoms with E-state index in [0.717, 1.165) is 0 Å². The summed E-state index contributed by atoms with van der Waals surface area (Å²) >= 11 is 0. The lowest BCUT2D eigenvalue weighted by atomic mass is 10.4. The first-order valence-corrected chi connectivity index (χ1v) is 3.40. The van der Waals surface area contributed by atoms with Crippen LogP contribution in [0.5, 0.6) is 0 Å². The van der Waals surface area contributed by atoms with Crippen LogP contribution in [-0.2, 0) is 11.8 Å². The van der Waals surface area contributed by atoms with Crippen LogP contribution in [0.15, 0.2) is 6.07 Å². The van der Waals surface area contributed by atoms with Crippen molar-refractivity contribution in [3.8, 4) is 0 Å². The smallest absolute Gasteiger partial charge is 0.222 e. The average Bonchev–Trinajstić information content (AvgIpc) is 2.31. The van der Waals surface area contributed by atoms with Crippen LogP contribution < -0.4 is 5.32 Å². The highest BCUT2D eigenvalue weighted by molar-refractivity contribution is 5.88. The maximum Gasteiger partial charge on any atom is 0.222 e. The van der Waals surface area contributed by atoms with Gasteiger partial charge >= 0.3 is 0 Å². The summed E-state index contributed by atoms with van der Waals surface area (Å²) in [4.78, 5) is 20.9. The van der Waals surface area contributed by atoms with Crippen molar-refractivity contribution < 1.29 is 9.59 Å². The Labute approximate surface area is 69.4 Å². The molecule has 0 fully saturated rings. The molecule has 1 aromatic heterocycles. The molecule has 5 nitrogen and oxygen atoms in total. The maximum atomic E-state index is 10.6. The van der Waals surface area contributed by atoms with E-state index in [9.17, 15) is 9.59 Å². The van der Waals surface area contributed by atoms with Crippen LogP contribution in [-0.4, -0.2) is 22.0 Å². The van der Waals surface area contributed by atoms with Gasteiger partial charge in [-0.15, -0.1) is 0 Å². The third-order valence-electron chi connectivity index (χ3n) is 1.32. The zero-order valence-electron chi connectivity index (χ0n) is 6.87. The number of aromatic nitrogens is 2. The van der Waals surface area contributed by atoms with E-state index in [2.05, 4.69) is 10.4 Å². The molecule has 5 heteroatoms. The standard InChI is InChI=1S/C7H9N3O2/c1-5(12)8-7-3-6(4-11)9-10(7)2/h3-4H,1-2H3,(H,8,12). The molecule has 0 atom stereocenters. The lowest BCUT2D eigenvalue weighted by molar-refractivity contribution is -0.114. The van der Waals surface area contributed by atoms with E-state index >= 15 is 0 Å². The van der Waals surface area contributed by atoms with Gasteiger partial charge in [-0.3, -0.25) is 14.3 Å². The molecule has 0 radical (unpaired) electrons. The molecule has 1 rings (SSSR count). The molecule has 1 amide bonds. The number of carbonyl (C=O) groups is 2. The van der Waals surface area contributed by atoms with Crippen LogP contribution >= 0.6 is 0 Å². The zero-order valence-corrected chi connectivity index (χ0v) is 6.87. The molecule has 1 N–H and O–H groups in total. The fourth-order valence-electron chi connectivity index (χ4n) is 0.844. The molecule has 0 unspecified atom stereocenters. The Morgan fingerprint density at radius 3 is 2.83 bits per heavy atom. The van der Waals surface area contributed by atoms with Crippen LogP contribution in [0.1, 0.15) is 17.4 Å². The van der Waals surface area contributed by atoms with Gasteiger partial charge in [0, 0.05) is 20.0 Å². The van der Waals surface area contributed by atoms with E-state index in [1.165, 1.54) is 17.7 Å². The average molecular weight is 167 g/mol. The number of rotatable bonds is 2. The van der Waals surface area contributed by atoms with E-state index in [4.69, 9.17) is 0 Å². The maximum absolute atomic E-state index is 10.6. The number of aryl methyl sites for hydroxylation is 1. The zero-order chi connectivity index (χ0) is 9.14. The number of nitrogens with zero attached hydrogens (tertiary/aromatic N) is 2. The number of hydrogen-bond donors (Lipinski definition) is 1. The van der Waals surface area contributed by atoms with Gasteiger partial charge in [0.1, 0.15) is 11.5 Å². The first kappa shape index (κ1) is 8.45. The number of aldehydes is 1. The second kappa shape index (κ2) is 3.17. The van der Waals surface area contributed by atoms with Gasteiger partial charge in [-0.1, -0.05) is 0 Å². The van der Waals surface area contributed by atoms with Crippen LogP contribution in [0.2, 0.25) is 0 Å². The Kier molecular flexibility index (Phi) is 2.23. The first-order valence-electron chi connectivity index (χ1n) is 3.40. The molecule has 0 saturated carbocycles. The number of amides is 1. The minimum atomic E-state index is -0.185. The van der Waals surface area contributed by atoms with Crippen molar-refractivity contribution in [1.29, 1.82) is 0 Å². The van der Waals surface area contributed by atoms with Crippen molar-refractivity contribution in [2.24, 2.45) is 7.05 Å². The summed E-state index contributed by atoms with van der Waals surface area (Å²) in [7, 11) is 1.65. The first-order chi connectivity index (χ1) is 5.63. The monoisotopic (exact) mass is 167 g/mol. The third kappa shape index (κ3) is 1.69. The molecule has 64 valence electrons. The molecule has 12 heavy (non-hydrogen) atoms. The van der Waals surface area contributed by atoms with Crippen LogP contribution in [0.3, 0.4) is 0 Å². The molecular weight excluding hydrogens is 158 g/mol. The predicted octanol–water partition coefficient (Wildman–Crippen LogP) is 0.191. The molecular formula is C7H9N3O2. The summed E-state index contributed by atoms with van der Waals surface area (Å²) in [6.07, 6.45) is 0.630. The van der Waals surface area contributed by atoms with Crippen molar-refractivity contribution >= 4 is 18.0 Å². The van der Waals surface area contributed by atoms with Crippen LogP contribution in [0.4, 0.5) is 5.82 Å². The predicted molar refractivity (Wildman–Crippen MR) is 42.9 cm³/mol. The Hall–Kier alpha value is -1.65. The van der Waals surface area contributed by atoms with Gasteiger partial charge in [0.25, 0.3) is 0 Å². The molecule has 0 bridgehead atoms. The van der Waals surface area contributed by atoms with E-state index in [1.807, 2.05) is 0 Å². The van der Waals surface area contributed by atoms with Crippen molar-refractivity contribution in [1.82, 2.24) is 9.78 Å². The Balaban J connectivity index is 2.91. The fourth-order valence-corrected chi connectivity index (χ4v) is 0.844. The largest absolute Gasteiger partial charge is 0.311 e. The molecule has 0 saturated heterocycles. The molecule has 0 aliphatic carbocycles. The van der Waals surface area contributed by atoms with Gasteiger partial charge in [-0.05, 0) is 0 Å². The summed E-state index contributed by atoms with van der Waals surface area (Å²) in [6.45, 7) is 1.40. The summed E-state index contributed by atoms with van der Waals surface area (Å²) in [5.74, 6) is 0.333. The summed E-state index contributed by atoms with van der Waals surface area (Å²) < 4.78 is 1.44. The van der Waals surface area contributed by atoms with Gasteiger partial charge < -0.3 is 5.32 Å². The molecule has 1 aromatic rings. The van der Waals surface area contributed by atoms with Crippen molar-refractivity contribution in [2.45, 2.75) is 6.92 Å². The summed E-state index contributed by atoms with van der Waals surface area (Å²) in [5.41, 5.74) is 0.307. The third-order valence-corrected chi connectivity index (χ3v) is 1.32. The second-order valence-corrected chi connectivity index (χ2v) is 2.38. The minimum absolute atomic E-state index is 0.185. The topological polar surface area (TPSA) is 64.0 Å². The summed E-state index contributed by atoms with van der Waals surface area (Å²) in [5, 5.41) is 6.35. The fraction of sp³-hybridized carbons (Fsp3) is 0.286. The van der Waals surface area contributed by atoms with Crippen molar-refractivity contribution in [3.05, 3.63) is 11.8 Å². The second-order valence-electron chi connectivity index (χ2n) is 2.38. The van der Waals surface area contributed by atoms with E-state index in [1.54, 1.807) is 7.05 Å².